The van der Waals surface area contributed by atoms with E-state index >= 15 is 0 Å². The van der Waals surface area contributed by atoms with Gasteiger partial charge in [-0.15, -0.1) is 0 Å². The van der Waals surface area contributed by atoms with Crippen molar-refractivity contribution in [2.45, 2.75) is 50.9 Å². The highest BCUT2D eigenvalue weighted by molar-refractivity contribution is 7.92. The fourth-order valence-corrected chi connectivity index (χ4v) is 4.47. The number of carbonyl (C=O) groups excluding carboxylic acids is 2. The SMILES string of the molecule is CCC1NSOCC1C1CC(F)CC(C(=O)NC[C@@H](N)C(=O)OC)C1. The molecule has 25 heavy (non-hydrogen) atoms. The molecule has 1 saturated carbocycles. The van der Waals surface area contributed by atoms with Crippen molar-refractivity contribution in [2.75, 3.05) is 20.3 Å². The molecule has 0 aromatic heterocycles. The fourth-order valence-electron chi connectivity index (χ4n) is 3.71. The second-order valence-corrected chi connectivity index (χ2v) is 7.44. The number of hydrogen-bond donors (Lipinski definition) is 3. The van der Waals surface area contributed by atoms with Crippen LogP contribution in [0.5, 0.6) is 0 Å². The van der Waals surface area contributed by atoms with Crippen molar-refractivity contribution in [3.63, 3.8) is 0 Å². The average Bonchev–Trinajstić information content (AvgIpc) is 2.64. The minimum absolute atomic E-state index is 0.00799. The molecule has 0 spiro atoms. The van der Waals surface area contributed by atoms with Crippen molar-refractivity contribution in [1.82, 2.24) is 10.0 Å². The van der Waals surface area contributed by atoms with Crippen LogP contribution in [0, 0.1) is 17.8 Å². The maximum Gasteiger partial charge on any atom is 0.324 e. The first-order valence-electron chi connectivity index (χ1n) is 8.75. The maximum atomic E-state index is 14.3. The van der Waals surface area contributed by atoms with Gasteiger partial charge in [-0.05, 0) is 31.6 Å². The van der Waals surface area contributed by atoms with Crippen LogP contribution in [0.25, 0.3) is 0 Å². The molecule has 1 saturated heterocycles. The molecule has 6 atom stereocenters. The lowest BCUT2D eigenvalue weighted by atomic mass is 9.71. The summed E-state index contributed by atoms with van der Waals surface area (Å²) in [6, 6.07) is -0.655. The number of methoxy groups -OCH3 is 1. The topological polar surface area (TPSA) is 103 Å². The minimum atomic E-state index is -1.00. The summed E-state index contributed by atoms with van der Waals surface area (Å²) in [6.45, 7) is 2.64. The summed E-state index contributed by atoms with van der Waals surface area (Å²) in [5.74, 6) is -0.965. The van der Waals surface area contributed by atoms with Crippen LogP contribution in [0.15, 0.2) is 0 Å². The number of carbonyl (C=O) groups is 2. The van der Waals surface area contributed by atoms with E-state index in [0.29, 0.717) is 19.4 Å². The van der Waals surface area contributed by atoms with E-state index in [2.05, 4.69) is 21.7 Å². The van der Waals surface area contributed by atoms with Gasteiger partial charge >= 0.3 is 5.97 Å². The van der Waals surface area contributed by atoms with Gasteiger partial charge in [0.25, 0.3) is 0 Å². The molecule has 0 aromatic rings. The number of amides is 1. The Morgan fingerprint density at radius 3 is 2.88 bits per heavy atom. The standard InChI is InChI=1S/C16H28FN3O4S/c1-3-14-12(8-24-25-20-14)9-4-10(6-11(17)5-9)15(21)19-7-13(18)16(22)23-2/h9-14,20H,3-8,18H2,1-2H3,(H,19,21)/t9?,10?,11?,12?,13-,14?/m1/s1. The number of alkyl halides is 1. The van der Waals surface area contributed by atoms with Gasteiger partial charge in [-0.2, -0.15) is 0 Å². The molecule has 2 rings (SSSR count). The summed E-state index contributed by atoms with van der Waals surface area (Å²) in [4.78, 5) is 23.7. The van der Waals surface area contributed by atoms with E-state index in [-0.39, 0.29) is 36.8 Å². The van der Waals surface area contributed by atoms with Crippen molar-refractivity contribution in [3.8, 4) is 0 Å². The first kappa shape index (κ1) is 20.4. The van der Waals surface area contributed by atoms with Crippen LogP contribution in [0.1, 0.15) is 32.6 Å². The van der Waals surface area contributed by atoms with Gasteiger partial charge in [0.1, 0.15) is 12.2 Å². The average molecular weight is 377 g/mol. The van der Waals surface area contributed by atoms with Crippen molar-refractivity contribution in [1.29, 1.82) is 0 Å². The molecule has 2 aliphatic rings. The lowest BCUT2D eigenvalue weighted by molar-refractivity contribution is -0.142. The van der Waals surface area contributed by atoms with Gasteiger partial charge in [0.05, 0.1) is 25.9 Å². The van der Waals surface area contributed by atoms with Crippen LogP contribution in [-0.4, -0.2) is 50.4 Å². The van der Waals surface area contributed by atoms with E-state index in [4.69, 9.17) is 9.92 Å². The van der Waals surface area contributed by atoms with E-state index < -0.39 is 24.1 Å². The van der Waals surface area contributed by atoms with E-state index in [0.717, 1.165) is 6.42 Å². The molecule has 1 heterocycles. The van der Waals surface area contributed by atoms with Crippen LogP contribution in [0.3, 0.4) is 0 Å². The zero-order valence-corrected chi connectivity index (χ0v) is 15.5. The van der Waals surface area contributed by atoms with Crippen LogP contribution >= 0.6 is 12.2 Å². The highest BCUT2D eigenvalue weighted by Crippen LogP contribution is 2.39. The Balaban J connectivity index is 1.92. The van der Waals surface area contributed by atoms with Gasteiger partial charge in [-0.1, -0.05) is 6.92 Å². The fraction of sp³-hybridized carbons (Fsp3) is 0.875. The number of nitrogens with two attached hydrogens (primary N) is 1. The third-order valence-corrected chi connectivity index (χ3v) is 5.79. The van der Waals surface area contributed by atoms with Crippen LogP contribution in [0.2, 0.25) is 0 Å². The Bertz CT molecular complexity index is 471. The summed E-state index contributed by atoms with van der Waals surface area (Å²) in [6.07, 6.45) is 1.22. The summed E-state index contributed by atoms with van der Waals surface area (Å²) in [5, 5.41) is 2.65. The second-order valence-electron chi connectivity index (χ2n) is 6.80. The Labute approximate surface area is 152 Å². The Morgan fingerprint density at radius 1 is 1.44 bits per heavy atom. The highest BCUT2D eigenvalue weighted by Gasteiger charge is 2.40. The summed E-state index contributed by atoms with van der Waals surface area (Å²) in [7, 11) is 1.24. The van der Waals surface area contributed by atoms with Gasteiger partial charge in [-0.25, -0.2) is 9.11 Å². The zero-order chi connectivity index (χ0) is 18.4. The minimum Gasteiger partial charge on any atom is -0.468 e. The zero-order valence-electron chi connectivity index (χ0n) is 14.7. The van der Waals surface area contributed by atoms with Crippen LogP contribution in [0.4, 0.5) is 4.39 Å². The Morgan fingerprint density at radius 2 is 2.20 bits per heavy atom. The summed E-state index contributed by atoms with van der Waals surface area (Å²) in [5.41, 5.74) is 5.62. The lowest BCUT2D eigenvalue weighted by Gasteiger charge is -2.40. The largest absolute Gasteiger partial charge is 0.468 e. The lowest BCUT2D eigenvalue weighted by Crippen LogP contribution is -2.48. The Kier molecular flexibility index (Phi) is 7.92. The predicted octanol–water partition coefficient (Wildman–Crippen LogP) is 0.935. The maximum absolute atomic E-state index is 14.3. The quantitative estimate of drug-likeness (QED) is 0.359. The van der Waals surface area contributed by atoms with Crippen molar-refractivity contribution < 1.29 is 22.9 Å². The summed E-state index contributed by atoms with van der Waals surface area (Å²) < 4.78 is 27.5. The molecule has 5 unspecified atom stereocenters. The van der Waals surface area contributed by atoms with Crippen LogP contribution < -0.4 is 15.8 Å². The molecule has 0 aromatic carbocycles. The molecule has 4 N–H and O–H groups in total. The normalized spacial score (nSPS) is 34.2. The van der Waals surface area contributed by atoms with Gasteiger partial charge in [0, 0.05) is 24.4 Å². The van der Waals surface area contributed by atoms with Crippen LogP contribution in [-0.2, 0) is 18.5 Å². The molecule has 0 radical (unpaired) electrons. The molecule has 0 bridgehead atoms. The summed E-state index contributed by atoms with van der Waals surface area (Å²) >= 11 is 1.24. The number of halogens is 1. The smallest absolute Gasteiger partial charge is 0.324 e. The van der Waals surface area contributed by atoms with Crippen molar-refractivity contribution in [2.24, 2.45) is 23.5 Å². The molecular formula is C16H28FN3O4S. The number of esters is 1. The third-order valence-electron chi connectivity index (χ3n) is 5.14. The monoisotopic (exact) mass is 377 g/mol. The molecule has 9 heteroatoms. The van der Waals surface area contributed by atoms with E-state index in [1.165, 1.54) is 19.3 Å². The number of nitrogens with one attached hydrogen (secondary N) is 2. The molecule has 1 amide bonds. The van der Waals surface area contributed by atoms with E-state index in [9.17, 15) is 14.0 Å². The molecule has 144 valence electrons. The molecule has 7 nitrogen and oxygen atoms in total. The van der Waals surface area contributed by atoms with Gasteiger partial charge in [0.15, 0.2) is 0 Å². The molecular weight excluding hydrogens is 349 g/mol. The first-order valence-corrected chi connectivity index (χ1v) is 9.49. The number of ether oxygens (including phenoxy) is 1. The van der Waals surface area contributed by atoms with Gasteiger partial charge in [-0.3, -0.25) is 9.59 Å². The van der Waals surface area contributed by atoms with Gasteiger partial charge in [0.2, 0.25) is 5.91 Å². The first-order chi connectivity index (χ1) is 12.0. The molecule has 1 aliphatic carbocycles. The van der Waals surface area contributed by atoms with Gasteiger partial charge < -0.3 is 20.0 Å². The second kappa shape index (κ2) is 9.70. The van der Waals surface area contributed by atoms with Crippen molar-refractivity contribution >= 4 is 24.1 Å². The van der Waals surface area contributed by atoms with E-state index in [1.807, 2.05) is 0 Å². The number of rotatable bonds is 6. The highest BCUT2D eigenvalue weighted by atomic mass is 32.2. The predicted molar refractivity (Wildman–Crippen MR) is 93.0 cm³/mol. The number of hydrogen-bond acceptors (Lipinski definition) is 7. The molecule has 2 fully saturated rings. The van der Waals surface area contributed by atoms with Crippen molar-refractivity contribution in [3.05, 3.63) is 0 Å². The Hall–Kier alpha value is -0.900. The van der Waals surface area contributed by atoms with E-state index in [1.54, 1.807) is 0 Å². The molecule has 1 aliphatic heterocycles. The third kappa shape index (κ3) is 5.54.